The van der Waals surface area contributed by atoms with Gasteiger partial charge in [0.05, 0.1) is 28.1 Å². The molecule has 200 valence electrons. The highest BCUT2D eigenvalue weighted by atomic mass is 35.5. The number of aryl methyl sites for hydroxylation is 1. The highest BCUT2D eigenvalue weighted by molar-refractivity contribution is 7.22. The van der Waals surface area contributed by atoms with Crippen LogP contribution in [0.2, 0.25) is 5.15 Å². The van der Waals surface area contributed by atoms with Gasteiger partial charge in [-0.2, -0.15) is 0 Å². The zero-order chi connectivity index (χ0) is 26.5. The van der Waals surface area contributed by atoms with Crippen LogP contribution in [0.1, 0.15) is 73.6 Å². The number of rotatable bonds is 10. The first kappa shape index (κ1) is 27.3. The Hall–Kier alpha value is -2.69. The van der Waals surface area contributed by atoms with Crippen LogP contribution in [0, 0.1) is 0 Å². The summed E-state index contributed by atoms with van der Waals surface area (Å²) < 4.78 is 6.07. The van der Waals surface area contributed by atoms with Crippen molar-refractivity contribution in [2.45, 2.75) is 71.5 Å². The van der Waals surface area contributed by atoms with E-state index < -0.39 is 0 Å². The van der Waals surface area contributed by atoms with Crippen LogP contribution in [0.4, 0.5) is 5.13 Å². The second kappa shape index (κ2) is 12.2. The highest BCUT2D eigenvalue weighted by Gasteiger charge is 2.33. The average molecular weight is 547 g/mol. The molecule has 1 aromatic carbocycles. The number of carbonyl (C=O) groups is 2. The van der Waals surface area contributed by atoms with Gasteiger partial charge in [-0.1, -0.05) is 49.8 Å². The number of aromatic amines is 1. The minimum Gasteiger partial charge on any atom is -0.462 e. The van der Waals surface area contributed by atoms with Crippen molar-refractivity contribution in [3.63, 3.8) is 0 Å². The van der Waals surface area contributed by atoms with Gasteiger partial charge in [-0.15, -0.1) is 0 Å². The first-order chi connectivity index (χ1) is 17.9. The lowest BCUT2D eigenvalue weighted by Gasteiger charge is -2.40. The number of nitrogens with one attached hydrogen (secondary N) is 3. The first-order valence-electron chi connectivity index (χ1n) is 13.0. The van der Waals surface area contributed by atoms with Crippen molar-refractivity contribution in [1.29, 1.82) is 0 Å². The normalized spacial score (nSPS) is 17.9. The number of ether oxygens (including phenoxy) is 1. The third kappa shape index (κ3) is 6.08. The van der Waals surface area contributed by atoms with Crippen LogP contribution >= 0.6 is 22.9 Å². The van der Waals surface area contributed by atoms with Crippen LogP contribution in [0.3, 0.4) is 0 Å². The van der Waals surface area contributed by atoms with E-state index in [1.807, 2.05) is 19.1 Å². The van der Waals surface area contributed by atoms with Gasteiger partial charge < -0.3 is 25.3 Å². The molecular weight excluding hydrogens is 512 g/mol. The molecule has 3 heterocycles. The molecular formula is C26H35ClN6O3S. The van der Waals surface area contributed by atoms with Crippen LogP contribution in [0.25, 0.3) is 10.2 Å². The minimum atomic E-state index is -0.331. The number of fused-ring (bicyclic) bond motifs is 1. The van der Waals surface area contributed by atoms with Crippen molar-refractivity contribution in [3.05, 3.63) is 40.4 Å². The summed E-state index contributed by atoms with van der Waals surface area (Å²) in [5.74, 6) is -0.346. The number of nitrogens with zero attached hydrogens (tertiary/aromatic N) is 3. The number of carbonyl (C=O) groups excluding carboxylic acids is 2. The Balaban J connectivity index is 1.55. The predicted octanol–water partition coefficient (Wildman–Crippen LogP) is 4.57. The van der Waals surface area contributed by atoms with E-state index >= 15 is 0 Å². The molecule has 0 unspecified atom stereocenters. The van der Waals surface area contributed by atoms with Gasteiger partial charge in [0.1, 0.15) is 0 Å². The number of halogens is 1. The minimum absolute atomic E-state index is 0.00946. The summed E-state index contributed by atoms with van der Waals surface area (Å²) >= 11 is 7.66. The maximum absolute atomic E-state index is 13.0. The molecule has 9 nitrogen and oxygen atoms in total. The Morgan fingerprint density at radius 2 is 2.00 bits per heavy atom. The van der Waals surface area contributed by atoms with Crippen molar-refractivity contribution < 1.29 is 14.3 Å². The molecule has 0 saturated carbocycles. The third-order valence-corrected chi connectivity index (χ3v) is 8.31. The van der Waals surface area contributed by atoms with Crippen LogP contribution in [-0.4, -0.2) is 64.7 Å². The van der Waals surface area contributed by atoms with Crippen LogP contribution < -0.4 is 15.5 Å². The summed E-state index contributed by atoms with van der Waals surface area (Å²) in [6, 6.07) is 5.80. The summed E-state index contributed by atoms with van der Waals surface area (Å²) in [6.07, 6.45) is 3.40. The summed E-state index contributed by atoms with van der Waals surface area (Å²) in [4.78, 5) is 39.8. The molecule has 0 aliphatic carbocycles. The van der Waals surface area contributed by atoms with E-state index in [9.17, 15) is 9.59 Å². The van der Waals surface area contributed by atoms with E-state index in [-0.39, 0.29) is 29.8 Å². The van der Waals surface area contributed by atoms with Crippen molar-refractivity contribution in [3.8, 4) is 0 Å². The number of thiazole rings is 1. The molecule has 37 heavy (non-hydrogen) atoms. The van der Waals surface area contributed by atoms with Gasteiger partial charge in [-0.25, -0.2) is 14.8 Å². The van der Waals surface area contributed by atoms with E-state index in [0.29, 0.717) is 36.3 Å². The van der Waals surface area contributed by atoms with Crippen molar-refractivity contribution in [1.82, 2.24) is 25.6 Å². The van der Waals surface area contributed by atoms with Crippen molar-refractivity contribution >= 4 is 50.2 Å². The Bertz CT molecular complexity index is 1240. The number of piperidine rings is 1. The third-order valence-electron chi connectivity index (χ3n) is 6.83. The second-order valence-corrected chi connectivity index (χ2v) is 10.5. The van der Waals surface area contributed by atoms with Crippen molar-refractivity contribution in [2.75, 3.05) is 24.6 Å². The van der Waals surface area contributed by atoms with E-state index in [2.05, 4.69) is 39.3 Å². The number of esters is 1. The average Bonchev–Trinajstić information content (AvgIpc) is 3.51. The molecule has 0 radical (unpaired) electrons. The predicted molar refractivity (Wildman–Crippen MR) is 148 cm³/mol. The van der Waals surface area contributed by atoms with Gasteiger partial charge in [0.15, 0.2) is 16.1 Å². The van der Waals surface area contributed by atoms with Gasteiger partial charge in [0.25, 0.3) is 5.91 Å². The Morgan fingerprint density at radius 3 is 2.68 bits per heavy atom. The maximum Gasteiger partial charge on any atom is 0.339 e. The maximum atomic E-state index is 13.0. The molecule has 0 bridgehead atoms. The number of hydrogen-bond donors (Lipinski definition) is 3. The molecule has 4 rings (SSSR count). The van der Waals surface area contributed by atoms with E-state index in [0.717, 1.165) is 46.8 Å². The van der Waals surface area contributed by atoms with Crippen LogP contribution in [-0.2, 0) is 11.2 Å². The molecule has 0 spiro atoms. The zero-order valence-corrected chi connectivity index (χ0v) is 23.3. The fraction of sp³-hybridized carbons (Fsp3) is 0.538. The lowest BCUT2D eigenvalue weighted by molar-refractivity contribution is 0.0528. The van der Waals surface area contributed by atoms with Gasteiger partial charge >= 0.3 is 5.97 Å². The summed E-state index contributed by atoms with van der Waals surface area (Å²) in [5, 5.41) is 8.14. The molecule has 1 aliphatic rings. The van der Waals surface area contributed by atoms with Crippen LogP contribution in [0.15, 0.2) is 18.2 Å². The quantitative estimate of drug-likeness (QED) is 0.319. The molecule has 3 aromatic rings. The smallest absolute Gasteiger partial charge is 0.339 e. The lowest BCUT2D eigenvalue weighted by Crippen LogP contribution is -2.61. The second-order valence-electron chi connectivity index (χ2n) is 9.18. The molecule has 3 N–H and O–H groups in total. The van der Waals surface area contributed by atoms with E-state index in [1.54, 1.807) is 13.0 Å². The molecule has 2 aromatic heterocycles. The summed E-state index contributed by atoms with van der Waals surface area (Å²) in [5.41, 5.74) is 2.08. The number of amides is 1. The Kier molecular flexibility index (Phi) is 9.04. The summed E-state index contributed by atoms with van der Waals surface area (Å²) in [7, 11) is 0. The van der Waals surface area contributed by atoms with Crippen LogP contribution in [0.5, 0.6) is 0 Å². The number of H-pyrrole nitrogens is 1. The van der Waals surface area contributed by atoms with E-state index in [1.165, 1.54) is 11.3 Å². The van der Waals surface area contributed by atoms with E-state index in [4.69, 9.17) is 21.3 Å². The Morgan fingerprint density at radius 1 is 1.22 bits per heavy atom. The lowest BCUT2D eigenvalue weighted by atomic mass is 9.97. The molecule has 1 aliphatic heterocycles. The summed E-state index contributed by atoms with van der Waals surface area (Å²) in [6.45, 7) is 9.82. The van der Waals surface area contributed by atoms with Gasteiger partial charge in [-0.05, 0) is 44.7 Å². The molecule has 1 fully saturated rings. The largest absolute Gasteiger partial charge is 0.462 e. The monoisotopic (exact) mass is 546 g/mol. The number of hydrogen-bond acceptors (Lipinski definition) is 8. The Labute approximate surface area is 226 Å². The number of anilines is 1. The van der Waals surface area contributed by atoms with Crippen molar-refractivity contribution in [2.24, 2.45) is 0 Å². The topological polar surface area (TPSA) is 112 Å². The number of benzene rings is 1. The van der Waals surface area contributed by atoms with Gasteiger partial charge in [0.2, 0.25) is 0 Å². The molecule has 11 heteroatoms. The SMILES string of the molecule is CCOC(=O)c1cccc2nc(N3CC[C@@H](NC(=O)c4nc(Cl)c(CC)[nH]4)[C@H](NC(CC)CC)C3)sc12. The highest BCUT2D eigenvalue weighted by Crippen LogP contribution is 2.33. The van der Waals surface area contributed by atoms with Gasteiger partial charge in [-0.3, -0.25) is 4.79 Å². The number of aromatic nitrogens is 3. The first-order valence-corrected chi connectivity index (χ1v) is 14.2. The molecule has 1 amide bonds. The molecule has 1 saturated heterocycles. The standard InChI is InChI=1S/C26H35ClN6O3S/c1-5-15(6-2)28-20-14-33(13-12-18(20)30-24(34)23-29-17(7-3)22(27)32-23)26-31-19-11-9-10-16(21(19)37-26)25(35)36-8-4/h9-11,15,18,20,28H,5-8,12-14H2,1-4H3,(H,29,32)(H,30,34)/t18-,20-/m1/s1. The number of imidazole rings is 1. The molecule has 2 atom stereocenters. The zero-order valence-electron chi connectivity index (χ0n) is 21.8. The fourth-order valence-corrected chi connectivity index (χ4v) is 6.07. The fourth-order valence-electron chi connectivity index (χ4n) is 4.70. The van der Waals surface area contributed by atoms with Gasteiger partial charge in [0, 0.05) is 31.2 Å².